The Kier molecular flexibility index (Phi) is 3.16. The standard InChI is InChI=1S/C8H8F3NO2/c1-13-6-4(7(10)11)3-12-8(14-2)5(6)9/h3,7H,1-2H3. The van der Waals surface area contributed by atoms with Gasteiger partial charge < -0.3 is 9.47 Å². The van der Waals surface area contributed by atoms with Gasteiger partial charge in [0.05, 0.1) is 19.8 Å². The molecule has 0 aliphatic rings. The van der Waals surface area contributed by atoms with Crippen LogP contribution in [0.4, 0.5) is 13.2 Å². The Bertz CT molecular complexity index is 331. The predicted octanol–water partition coefficient (Wildman–Crippen LogP) is 2.18. The second-order valence-corrected chi connectivity index (χ2v) is 2.37. The molecule has 1 aromatic rings. The van der Waals surface area contributed by atoms with Gasteiger partial charge >= 0.3 is 0 Å². The van der Waals surface area contributed by atoms with Gasteiger partial charge in [0.15, 0.2) is 5.75 Å². The van der Waals surface area contributed by atoms with Crippen LogP contribution in [-0.4, -0.2) is 19.2 Å². The quantitative estimate of drug-likeness (QED) is 0.761. The lowest BCUT2D eigenvalue weighted by atomic mass is 10.2. The number of nitrogens with zero attached hydrogens (tertiary/aromatic N) is 1. The van der Waals surface area contributed by atoms with E-state index in [1.54, 1.807) is 0 Å². The van der Waals surface area contributed by atoms with Crippen LogP contribution in [-0.2, 0) is 0 Å². The van der Waals surface area contributed by atoms with Gasteiger partial charge in [-0.2, -0.15) is 4.39 Å². The molecule has 0 saturated heterocycles. The van der Waals surface area contributed by atoms with Crippen LogP contribution in [0, 0.1) is 5.82 Å². The Hall–Kier alpha value is -1.46. The largest absolute Gasteiger partial charge is 0.493 e. The van der Waals surface area contributed by atoms with Crippen molar-refractivity contribution in [3.63, 3.8) is 0 Å². The number of methoxy groups -OCH3 is 2. The van der Waals surface area contributed by atoms with Crippen molar-refractivity contribution in [2.45, 2.75) is 6.43 Å². The summed E-state index contributed by atoms with van der Waals surface area (Å²) in [7, 11) is 2.29. The minimum atomic E-state index is -2.84. The number of alkyl halides is 2. The average molecular weight is 207 g/mol. The molecule has 0 aromatic carbocycles. The van der Waals surface area contributed by atoms with Gasteiger partial charge in [-0.3, -0.25) is 0 Å². The van der Waals surface area contributed by atoms with Crippen molar-refractivity contribution in [3.8, 4) is 11.6 Å². The molecule has 0 atom stereocenters. The van der Waals surface area contributed by atoms with Gasteiger partial charge in [-0.05, 0) is 0 Å². The normalized spacial score (nSPS) is 10.4. The Morgan fingerprint density at radius 3 is 2.36 bits per heavy atom. The molecule has 1 rings (SSSR count). The molecule has 78 valence electrons. The fourth-order valence-electron chi connectivity index (χ4n) is 0.973. The van der Waals surface area contributed by atoms with E-state index >= 15 is 0 Å². The molecule has 0 fully saturated rings. The number of aromatic nitrogens is 1. The summed E-state index contributed by atoms with van der Waals surface area (Å²) >= 11 is 0. The molecule has 0 saturated carbocycles. The number of rotatable bonds is 3. The van der Waals surface area contributed by atoms with Crippen LogP contribution in [0.1, 0.15) is 12.0 Å². The van der Waals surface area contributed by atoms with Gasteiger partial charge in [-0.15, -0.1) is 0 Å². The first kappa shape index (κ1) is 10.6. The second-order valence-electron chi connectivity index (χ2n) is 2.37. The van der Waals surface area contributed by atoms with E-state index in [2.05, 4.69) is 14.5 Å². The van der Waals surface area contributed by atoms with E-state index in [1.165, 1.54) is 7.11 Å². The zero-order chi connectivity index (χ0) is 10.7. The molecule has 1 heterocycles. The van der Waals surface area contributed by atoms with Crippen LogP contribution in [0.15, 0.2) is 6.20 Å². The average Bonchev–Trinajstić information content (AvgIpc) is 2.17. The predicted molar refractivity (Wildman–Crippen MR) is 42.3 cm³/mol. The third kappa shape index (κ3) is 1.73. The van der Waals surface area contributed by atoms with Gasteiger partial charge in [-0.1, -0.05) is 0 Å². The monoisotopic (exact) mass is 207 g/mol. The zero-order valence-electron chi connectivity index (χ0n) is 7.55. The van der Waals surface area contributed by atoms with Crippen molar-refractivity contribution in [1.29, 1.82) is 0 Å². The maximum atomic E-state index is 13.2. The summed E-state index contributed by atoms with van der Waals surface area (Å²) < 4.78 is 46.9. The lowest BCUT2D eigenvalue weighted by Crippen LogP contribution is -2.01. The molecule has 0 bridgehead atoms. The molecule has 6 heteroatoms. The number of hydrogen-bond acceptors (Lipinski definition) is 3. The van der Waals surface area contributed by atoms with Crippen LogP contribution in [0.3, 0.4) is 0 Å². The highest BCUT2D eigenvalue weighted by Gasteiger charge is 2.21. The van der Waals surface area contributed by atoms with Gasteiger partial charge in [0, 0.05) is 6.20 Å². The van der Waals surface area contributed by atoms with Gasteiger partial charge in [0.1, 0.15) is 0 Å². The molecule has 0 radical (unpaired) electrons. The highest BCUT2D eigenvalue weighted by Crippen LogP contribution is 2.33. The van der Waals surface area contributed by atoms with E-state index < -0.39 is 23.6 Å². The molecule has 0 aliphatic carbocycles. The zero-order valence-corrected chi connectivity index (χ0v) is 7.55. The number of hydrogen-bond donors (Lipinski definition) is 0. The van der Waals surface area contributed by atoms with Crippen LogP contribution < -0.4 is 9.47 Å². The van der Waals surface area contributed by atoms with Gasteiger partial charge in [0.2, 0.25) is 5.82 Å². The van der Waals surface area contributed by atoms with Crippen molar-refractivity contribution >= 4 is 0 Å². The van der Waals surface area contributed by atoms with Crippen molar-refractivity contribution in [1.82, 2.24) is 4.98 Å². The van der Waals surface area contributed by atoms with Crippen LogP contribution >= 0.6 is 0 Å². The van der Waals surface area contributed by atoms with Crippen LogP contribution in [0.2, 0.25) is 0 Å². The molecule has 0 unspecified atom stereocenters. The summed E-state index contributed by atoms with van der Waals surface area (Å²) in [6.07, 6.45) is -2.01. The summed E-state index contributed by atoms with van der Waals surface area (Å²) in [4.78, 5) is 3.37. The molecule has 0 aliphatic heterocycles. The molecular weight excluding hydrogens is 199 g/mol. The van der Waals surface area contributed by atoms with E-state index in [9.17, 15) is 13.2 Å². The topological polar surface area (TPSA) is 31.4 Å². The lowest BCUT2D eigenvalue weighted by molar-refractivity contribution is 0.145. The third-order valence-electron chi connectivity index (χ3n) is 1.60. The van der Waals surface area contributed by atoms with Crippen molar-refractivity contribution < 1.29 is 22.6 Å². The molecular formula is C8H8F3NO2. The maximum absolute atomic E-state index is 13.2. The van der Waals surface area contributed by atoms with Crippen LogP contribution in [0.5, 0.6) is 11.6 Å². The van der Waals surface area contributed by atoms with Gasteiger partial charge in [-0.25, -0.2) is 13.8 Å². The minimum absolute atomic E-state index is 0.369. The maximum Gasteiger partial charge on any atom is 0.269 e. The fraction of sp³-hybridized carbons (Fsp3) is 0.375. The summed E-state index contributed by atoms with van der Waals surface area (Å²) in [5, 5.41) is 0. The van der Waals surface area contributed by atoms with E-state index in [-0.39, 0.29) is 5.88 Å². The first-order valence-electron chi connectivity index (χ1n) is 3.66. The smallest absolute Gasteiger partial charge is 0.269 e. The number of halogens is 3. The van der Waals surface area contributed by atoms with E-state index in [1.807, 2.05) is 0 Å². The van der Waals surface area contributed by atoms with Crippen LogP contribution in [0.25, 0.3) is 0 Å². The lowest BCUT2D eigenvalue weighted by Gasteiger charge is -2.09. The van der Waals surface area contributed by atoms with Crippen molar-refractivity contribution in [2.75, 3.05) is 14.2 Å². The summed E-state index contributed by atoms with van der Waals surface area (Å²) in [5.41, 5.74) is -0.592. The molecule has 0 amide bonds. The number of pyridine rings is 1. The highest BCUT2D eigenvalue weighted by molar-refractivity contribution is 5.38. The molecule has 14 heavy (non-hydrogen) atoms. The van der Waals surface area contributed by atoms with Crippen molar-refractivity contribution in [3.05, 3.63) is 17.6 Å². The Labute approximate surface area is 78.5 Å². The third-order valence-corrected chi connectivity index (χ3v) is 1.60. The minimum Gasteiger partial charge on any atom is -0.493 e. The van der Waals surface area contributed by atoms with Gasteiger partial charge in [0.25, 0.3) is 12.3 Å². The highest BCUT2D eigenvalue weighted by atomic mass is 19.3. The molecule has 0 spiro atoms. The molecule has 0 N–H and O–H groups in total. The van der Waals surface area contributed by atoms with E-state index in [0.29, 0.717) is 0 Å². The Morgan fingerprint density at radius 2 is 1.93 bits per heavy atom. The second kappa shape index (κ2) is 4.17. The molecule has 3 nitrogen and oxygen atoms in total. The summed E-state index contributed by atoms with van der Waals surface area (Å²) in [5.74, 6) is -1.93. The first-order valence-corrected chi connectivity index (χ1v) is 3.66. The summed E-state index contributed by atoms with van der Waals surface area (Å²) in [6, 6.07) is 0. The summed E-state index contributed by atoms with van der Waals surface area (Å²) in [6.45, 7) is 0. The van der Waals surface area contributed by atoms with E-state index in [4.69, 9.17) is 0 Å². The van der Waals surface area contributed by atoms with E-state index in [0.717, 1.165) is 13.3 Å². The SMILES string of the molecule is COc1ncc(C(F)F)c(OC)c1F. The number of ether oxygens (including phenoxy) is 2. The first-order chi connectivity index (χ1) is 6.61. The Morgan fingerprint density at radius 1 is 1.29 bits per heavy atom. The fourth-order valence-corrected chi connectivity index (χ4v) is 0.973. The molecule has 1 aromatic heterocycles. The Balaban J connectivity index is 3.28. The van der Waals surface area contributed by atoms with Crippen molar-refractivity contribution in [2.24, 2.45) is 0 Å².